The van der Waals surface area contributed by atoms with Crippen LogP contribution in [0.2, 0.25) is 5.02 Å². The second-order valence-corrected chi connectivity index (χ2v) is 14.3. The van der Waals surface area contributed by atoms with Crippen LogP contribution >= 0.6 is 11.6 Å². The Morgan fingerprint density at radius 3 is 2.36 bits per heavy atom. The molecule has 0 radical (unpaired) electrons. The summed E-state index contributed by atoms with van der Waals surface area (Å²) in [5.74, 6) is -0.368. The van der Waals surface area contributed by atoms with Crippen LogP contribution in [0.15, 0.2) is 95.9 Å². The summed E-state index contributed by atoms with van der Waals surface area (Å²) in [5, 5.41) is 5.40. The van der Waals surface area contributed by atoms with E-state index in [1.165, 1.54) is 10.7 Å². The van der Waals surface area contributed by atoms with Gasteiger partial charge in [-0.3, -0.25) is 13.9 Å². The molecule has 1 aliphatic heterocycles. The van der Waals surface area contributed by atoms with E-state index in [2.05, 4.69) is 5.32 Å². The highest BCUT2D eigenvalue weighted by molar-refractivity contribution is 7.93. The molecule has 0 spiro atoms. The van der Waals surface area contributed by atoms with E-state index in [0.717, 1.165) is 47.6 Å². The van der Waals surface area contributed by atoms with E-state index in [9.17, 15) is 18.0 Å². The molecule has 0 bridgehead atoms. The topological polar surface area (TPSA) is 86.8 Å². The Labute approximate surface area is 270 Å². The minimum Gasteiger partial charge on any atom is -0.352 e. The first-order valence-corrected chi connectivity index (χ1v) is 17.6. The number of halogens is 1. The van der Waals surface area contributed by atoms with E-state index in [-0.39, 0.29) is 37.4 Å². The van der Waals surface area contributed by atoms with Crippen molar-refractivity contribution in [2.75, 3.05) is 10.8 Å². The highest BCUT2D eigenvalue weighted by Gasteiger charge is 2.36. The number of hydrogen-bond donors (Lipinski definition) is 1. The maximum Gasteiger partial charge on any atom is 0.265 e. The minimum atomic E-state index is -3.73. The number of amides is 2. The second-order valence-electron chi connectivity index (χ2n) is 12.0. The van der Waals surface area contributed by atoms with Crippen molar-refractivity contribution in [1.82, 2.24) is 10.2 Å². The van der Waals surface area contributed by atoms with E-state index in [4.69, 9.17) is 11.6 Å². The lowest BCUT2D eigenvalue weighted by Crippen LogP contribution is -2.52. The van der Waals surface area contributed by atoms with Crippen LogP contribution in [-0.4, -0.2) is 43.8 Å². The Hall–Kier alpha value is -3.88. The third-order valence-electron chi connectivity index (χ3n) is 8.90. The Morgan fingerprint density at radius 2 is 1.60 bits per heavy atom. The molecule has 7 nitrogen and oxygen atoms in total. The van der Waals surface area contributed by atoms with Gasteiger partial charge < -0.3 is 10.2 Å². The summed E-state index contributed by atoms with van der Waals surface area (Å²) in [5.41, 5.74) is 2.42. The van der Waals surface area contributed by atoms with Crippen LogP contribution in [0.1, 0.15) is 56.1 Å². The van der Waals surface area contributed by atoms with Gasteiger partial charge in [-0.1, -0.05) is 97.6 Å². The van der Waals surface area contributed by atoms with E-state index >= 15 is 0 Å². The molecule has 2 aliphatic rings. The number of carbonyl (C=O) groups excluding carboxylic acids is 2. The van der Waals surface area contributed by atoms with Gasteiger partial charge in [-0.15, -0.1) is 0 Å². The van der Waals surface area contributed by atoms with Gasteiger partial charge in [0.1, 0.15) is 6.04 Å². The summed E-state index contributed by atoms with van der Waals surface area (Å²) in [6.07, 6.45) is 5.95. The maximum atomic E-state index is 14.1. The molecule has 2 amide bonds. The standard InChI is InChI=1S/C36H38ClN3O4S/c37-29-16-7-13-27(23-29)25-39(32(24-26-11-3-1-4-12-26)36(42)38-30-17-5-2-6-18-30)34(41)21-10-22-40-31-19-8-14-28-15-9-20-33(35(28)31)45(40,43)44/h1,3-4,7-9,11-16,19-20,23,30,32H,2,5-6,10,17-18,21-22,24-25H2,(H,38,42). The molecule has 1 fully saturated rings. The van der Waals surface area contributed by atoms with Gasteiger partial charge in [0, 0.05) is 42.4 Å². The van der Waals surface area contributed by atoms with Gasteiger partial charge in [-0.25, -0.2) is 8.42 Å². The largest absolute Gasteiger partial charge is 0.352 e. The van der Waals surface area contributed by atoms with Gasteiger partial charge in [0.2, 0.25) is 11.8 Å². The third-order valence-corrected chi connectivity index (χ3v) is 11.0. The van der Waals surface area contributed by atoms with Crippen molar-refractivity contribution < 1.29 is 18.0 Å². The number of rotatable bonds is 11. The van der Waals surface area contributed by atoms with Gasteiger partial charge in [0.05, 0.1) is 10.6 Å². The molecule has 234 valence electrons. The highest BCUT2D eigenvalue weighted by Crippen LogP contribution is 2.42. The summed E-state index contributed by atoms with van der Waals surface area (Å²) in [4.78, 5) is 30.1. The van der Waals surface area contributed by atoms with Crippen LogP contribution in [0.25, 0.3) is 10.8 Å². The van der Waals surface area contributed by atoms with Crippen LogP contribution in [-0.2, 0) is 32.6 Å². The van der Waals surface area contributed by atoms with Crippen molar-refractivity contribution in [1.29, 1.82) is 0 Å². The fourth-order valence-corrected chi connectivity index (χ4v) is 8.61. The average Bonchev–Trinajstić information content (AvgIpc) is 3.26. The molecule has 45 heavy (non-hydrogen) atoms. The molecule has 9 heteroatoms. The Balaban J connectivity index is 1.25. The fraction of sp³-hybridized carbons (Fsp3) is 0.333. The van der Waals surface area contributed by atoms with Gasteiger partial charge in [0.15, 0.2) is 0 Å². The zero-order chi connectivity index (χ0) is 31.4. The molecule has 1 N–H and O–H groups in total. The quantitative estimate of drug-likeness (QED) is 0.193. The zero-order valence-corrected chi connectivity index (χ0v) is 26.8. The van der Waals surface area contributed by atoms with Crippen LogP contribution in [0, 0.1) is 0 Å². The lowest BCUT2D eigenvalue weighted by molar-refractivity contribution is -0.141. The lowest BCUT2D eigenvalue weighted by atomic mass is 9.94. The number of anilines is 1. The normalized spacial score (nSPS) is 16.4. The number of nitrogens with zero attached hydrogens (tertiary/aromatic N) is 2. The molecule has 1 aliphatic carbocycles. The molecule has 1 atom stereocenters. The first-order valence-electron chi connectivity index (χ1n) is 15.7. The summed E-state index contributed by atoms with van der Waals surface area (Å²) in [6, 6.07) is 27.3. The van der Waals surface area contributed by atoms with Gasteiger partial charge in [0.25, 0.3) is 10.0 Å². The van der Waals surface area contributed by atoms with E-state index in [1.807, 2.05) is 72.8 Å². The zero-order valence-electron chi connectivity index (χ0n) is 25.2. The van der Waals surface area contributed by atoms with Gasteiger partial charge >= 0.3 is 0 Å². The van der Waals surface area contributed by atoms with Crippen LogP contribution in [0.5, 0.6) is 0 Å². The number of sulfonamides is 1. The summed E-state index contributed by atoms with van der Waals surface area (Å²) in [7, 11) is -3.73. The van der Waals surface area contributed by atoms with Gasteiger partial charge in [-0.2, -0.15) is 0 Å². The third kappa shape index (κ3) is 6.87. The number of hydrogen-bond acceptors (Lipinski definition) is 4. The van der Waals surface area contributed by atoms with Crippen molar-refractivity contribution >= 4 is 49.9 Å². The van der Waals surface area contributed by atoms with Gasteiger partial charge in [-0.05, 0) is 60.0 Å². The Kier molecular flexibility index (Phi) is 9.42. The minimum absolute atomic E-state index is 0.0842. The Bertz CT molecular complexity index is 1790. The van der Waals surface area contributed by atoms with Crippen molar-refractivity contribution in [3.63, 3.8) is 0 Å². The predicted molar refractivity (Wildman–Crippen MR) is 179 cm³/mol. The Morgan fingerprint density at radius 1 is 0.889 bits per heavy atom. The fourth-order valence-electron chi connectivity index (χ4n) is 6.65. The van der Waals surface area contributed by atoms with Crippen molar-refractivity contribution in [3.8, 4) is 0 Å². The molecule has 0 aromatic heterocycles. The average molecular weight is 644 g/mol. The van der Waals surface area contributed by atoms with Crippen LogP contribution < -0.4 is 9.62 Å². The molecule has 4 aromatic carbocycles. The SMILES string of the molecule is O=C(NC1CCCCC1)C(Cc1ccccc1)N(Cc1cccc(Cl)c1)C(=O)CCCN1c2cccc3cccc(c23)S1(=O)=O. The number of nitrogens with one attached hydrogen (secondary N) is 1. The van der Waals surface area contributed by atoms with E-state index in [1.54, 1.807) is 23.1 Å². The van der Waals surface area contributed by atoms with E-state index < -0.39 is 16.1 Å². The van der Waals surface area contributed by atoms with Crippen molar-refractivity contribution in [2.45, 2.75) is 74.9 Å². The monoisotopic (exact) mass is 643 g/mol. The molecular formula is C36H38ClN3O4S. The van der Waals surface area contributed by atoms with Crippen molar-refractivity contribution in [2.24, 2.45) is 0 Å². The first-order chi connectivity index (χ1) is 21.8. The molecule has 1 saturated carbocycles. The maximum absolute atomic E-state index is 14.1. The predicted octanol–water partition coefficient (Wildman–Crippen LogP) is 6.87. The molecule has 0 saturated heterocycles. The lowest BCUT2D eigenvalue weighted by Gasteiger charge is -2.33. The molecule has 4 aromatic rings. The van der Waals surface area contributed by atoms with E-state index in [0.29, 0.717) is 28.4 Å². The summed E-state index contributed by atoms with van der Waals surface area (Å²) in [6.45, 7) is 0.367. The smallest absolute Gasteiger partial charge is 0.265 e. The molecule has 1 unspecified atom stereocenters. The molecular weight excluding hydrogens is 606 g/mol. The van der Waals surface area contributed by atoms with Crippen LogP contribution in [0.3, 0.4) is 0 Å². The molecule has 6 rings (SSSR count). The first kappa shape index (κ1) is 31.1. The van der Waals surface area contributed by atoms with Crippen molar-refractivity contribution in [3.05, 3.63) is 107 Å². The summed E-state index contributed by atoms with van der Waals surface area (Å²) < 4.78 is 28.4. The number of benzene rings is 4. The molecule has 1 heterocycles. The second kappa shape index (κ2) is 13.6. The highest BCUT2D eigenvalue weighted by atomic mass is 35.5. The number of carbonyl (C=O) groups is 2. The summed E-state index contributed by atoms with van der Waals surface area (Å²) >= 11 is 6.32. The van der Waals surface area contributed by atoms with Crippen LogP contribution in [0.4, 0.5) is 5.69 Å².